The summed E-state index contributed by atoms with van der Waals surface area (Å²) in [6, 6.07) is 19.7. The van der Waals surface area contributed by atoms with Crippen LogP contribution in [-0.2, 0) is 0 Å². The fourth-order valence-corrected chi connectivity index (χ4v) is 4.57. The Labute approximate surface area is 178 Å². The van der Waals surface area contributed by atoms with Crippen molar-refractivity contribution in [2.75, 3.05) is 0 Å². The molecule has 5 aromatic rings. The lowest BCUT2D eigenvalue weighted by molar-refractivity contribution is 0.629. The van der Waals surface area contributed by atoms with Crippen molar-refractivity contribution < 1.29 is 4.39 Å². The van der Waals surface area contributed by atoms with E-state index in [0.29, 0.717) is 20.8 Å². The molecule has 7 heteroatoms. The van der Waals surface area contributed by atoms with Crippen LogP contribution in [0.1, 0.15) is 0 Å². The Morgan fingerprint density at radius 3 is 2.37 bits per heavy atom. The van der Waals surface area contributed by atoms with Crippen LogP contribution in [0, 0.1) is 5.82 Å². The molecule has 3 aromatic carbocycles. The Balaban J connectivity index is 1.99. The summed E-state index contributed by atoms with van der Waals surface area (Å²) >= 11 is 7.23. The van der Waals surface area contributed by atoms with E-state index < -0.39 is 11.4 Å². The van der Waals surface area contributed by atoms with E-state index in [-0.39, 0.29) is 27.0 Å². The lowest BCUT2D eigenvalue weighted by atomic mass is 10.1. The van der Waals surface area contributed by atoms with Gasteiger partial charge in [-0.05, 0) is 48.5 Å². The SMILES string of the molecule is O=c1c2ccccc2sc2nc(-c3ccccc3F)n(-c3ccc(Cl)cc3)c(=O)c12. The highest BCUT2D eigenvalue weighted by Gasteiger charge is 2.20. The van der Waals surface area contributed by atoms with E-state index in [1.807, 2.05) is 6.07 Å². The molecule has 0 saturated heterocycles. The maximum absolute atomic E-state index is 14.7. The van der Waals surface area contributed by atoms with Gasteiger partial charge in [0.05, 0.1) is 11.3 Å². The number of aromatic nitrogens is 2. The normalized spacial score (nSPS) is 11.3. The highest BCUT2D eigenvalue weighted by atomic mass is 35.5. The van der Waals surface area contributed by atoms with Gasteiger partial charge in [0.15, 0.2) is 5.82 Å². The standard InChI is InChI=1S/C23H12ClFN2O2S/c24-13-9-11-14(12-10-13)27-21(15-5-1-3-7-17(15)25)26-22-19(23(27)29)20(28)16-6-2-4-8-18(16)30-22/h1-12H. The van der Waals surface area contributed by atoms with Crippen LogP contribution in [0.15, 0.2) is 82.4 Å². The Morgan fingerprint density at radius 1 is 0.900 bits per heavy atom. The molecule has 0 aliphatic carbocycles. The summed E-state index contributed by atoms with van der Waals surface area (Å²) in [7, 11) is 0. The van der Waals surface area contributed by atoms with E-state index in [4.69, 9.17) is 11.6 Å². The summed E-state index contributed by atoms with van der Waals surface area (Å²) in [6.45, 7) is 0. The molecule has 5 rings (SSSR count). The summed E-state index contributed by atoms with van der Waals surface area (Å²) in [6.07, 6.45) is 0. The third-order valence-electron chi connectivity index (χ3n) is 4.82. The smallest absolute Gasteiger partial charge is 0.271 e. The third-order valence-corrected chi connectivity index (χ3v) is 6.13. The molecule has 0 fully saturated rings. The predicted octanol–water partition coefficient (Wildman–Crippen LogP) is 5.42. The largest absolute Gasteiger partial charge is 0.288 e. The first-order valence-electron chi connectivity index (χ1n) is 9.04. The minimum atomic E-state index is -0.549. The first kappa shape index (κ1) is 18.7. The minimum absolute atomic E-state index is 0.0197. The molecular weight excluding hydrogens is 423 g/mol. The van der Waals surface area contributed by atoms with Crippen LogP contribution in [0.5, 0.6) is 0 Å². The molecule has 0 atom stereocenters. The van der Waals surface area contributed by atoms with Gasteiger partial charge in [-0.3, -0.25) is 14.2 Å². The van der Waals surface area contributed by atoms with E-state index >= 15 is 0 Å². The molecule has 0 radical (unpaired) electrons. The Bertz CT molecular complexity index is 1560. The van der Waals surface area contributed by atoms with Gasteiger partial charge in [-0.25, -0.2) is 9.37 Å². The van der Waals surface area contributed by atoms with E-state index in [0.717, 1.165) is 0 Å². The molecule has 30 heavy (non-hydrogen) atoms. The third kappa shape index (κ3) is 2.93. The second-order valence-electron chi connectivity index (χ2n) is 6.64. The molecule has 0 saturated carbocycles. The molecule has 0 N–H and O–H groups in total. The fraction of sp³-hybridized carbons (Fsp3) is 0. The van der Waals surface area contributed by atoms with E-state index in [9.17, 15) is 14.0 Å². The van der Waals surface area contributed by atoms with Crippen LogP contribution in [0.25, 0.3) is 37.4 Å². The van der Waals surface area contributed by atoms with Crippen LogP contribution in [-0.4, -0.2) is 9.55 Å². The quantitative estimate of drug-likeness (QED) is 0.348. The topological polar surface area (TPSA) is 52.0 Å². The first-order valence-corrected chi connectivity index (χ1v) is 10.2. The monoisotopic (exact) mass is 434 g/mol. The molecule has 0 unspecified atom stereocenters. The summed E-state index contributed by atoms with van der Waals surface area (Å²) in [5.74, 6) is -0.390. The van der Waals surface area contributed by atoms with Crippen molar-refractivity contribution in [1.29, 1.82) is 0 Å². The number of fused-ring (bicyclic) bond motifs is 2. The van der Waals surface area contributed by atoms with Crippen LogP contribution in [0.3, 0.4) is 0 Å². The number of rotatable bonds is 2. The van der Waals surface area contributed by atoms with Gasteiger partial charge < -0.3 is 0 Å². The van der Waals surface area contributed by atoms with E-state index in [1.54, 1.807) is 60.7 Å². The minimum Gasteiger partial charge on any atom is -0.288 e. The molecule has 0 aliphatic heterocycles. The Hall–Kier alpha value is -3.35. The van der Waals surface area contributed by atoms with Gasteiger partial charge in [0.25, 0.3) is 5.56 Å². The molecule has 0 bridgehead atoms. The maximum atomic E-state index is 14.7. The summed E-state index contributed by atoms with van der Waals surface area (Å²) in [5, 5.41) is 0.926. The van der Waals surface area contributed by atoms with Crippen molar-refractivity contribution in [2.24, 2.45) is 0 Å². The average Bonchev–Trinajstić information content (AvgIpc) is 2.75. The molecule has 0 amide bonds. The van der Waals surface area contributed by atoms with Gasteiger partial charge in [0.2, 0.25) is 5.43 Å². The van der Waals surface area contributed by atoms with Gasteiger partial charge in [-0.1, -0.05) is 35.9 Å². The van der Waals surface area contributed by atoms with E-state index in [2.05, 4.69) is 4.98 Å². The Morgan fingerprint density at radius 2 is 1.60 bits per heavy atom. The fourth-order valence-electron chi connectivity index (χ4n) is 3.40. The number of halogens is 2. The van der Waals surface area contributed by atoms with Crippen molar-refractivity contribution in [3.05, 3.63) is 104 Å². The van der Waals surface area contributed by atoms with Gasteiger partial charge in [0, 0.05) is 15.1 Å². The van der Waals surface area contributed by atoms with Crippen molar-refractivity contribution in [3.63, 3.8) is 0 Å². The number of hydrogen-bond donors (Lipinski definition) is 0. The van der Waals surface area contributed by atoms with Crippen molar-refractivity contribution in [2.45, 2.75) is 0 Å². The van der Waals surface area contributed by atoms with E-state index in [1.165, 1.54) is 22.0 Å². The molecule has 4 nitrogen and oxygen atoms in total. The molecular formula is C23H12ClFN2O2S. The zero-order chi connectivity index (χ0) is 20.8. The zero-order valence-corrected chi connectivity index (χ0v) is 16.9. The number of benzene rings is 3. The summed E-state index contributed by atoms with van der Waals surface area (Å²) in [4.78, 5) is 31.5. The Kier molecular flexibility index (Phi) is 4.46. The van der Waals surface area contributed by atoms with Gasteiger partial charge >= 0.3 is 0 Å². The molecule has 2 aromatic heterocycles. The average molecular weight is 435 g/mol. The predicted molar refractivity (Wildman–Crippen MR) is 119 cm³/mol. The van der Waals surface area contributed by atoms with Gasteiger partial charge in [0.1, 0.15) is 16.0 Å². The zero-order valence-electron chi connectivity index (χ0n) is 15.3. The van der Waals surface area contributed by atoms with Crippen LogP contribution >= 0.6 is 22.9 Å². The van der Waals surface area contributed by atoms with Crippen LogP contribution in [0.4, 0.5) is 4.39 Å². The summed E-state index contributed by atoms with van der Waals surface area (Å²) < 4.78 is 16.6. The lowest BCUT2D eigenvalue weighted by Crippen LogP contribution is -2.26. The maximum Gasteiger partial charge on any atom is 0.271 e. The first-order chi connectivity index (χ1) is 14.5. The highest BCUT2D eigenvalue weighted by Crippen LogP contribution is 2.28. The molecule has 2 heterocycles. The molecule has 0 spiro atoms. The van der Waals surface area contributed by atoms with Gasteiger partial charge in [-0.2, -0.15) is 0 Å². The molecule has 0 aliphatic rings. The van der Waals surface area contributed by atoms with Crippen LogP contribution in [0.2, 0.25) is 5.02 Å². The van der Waals surface area contributed by atoms with Crippen molar-refractivity contribution in [1.82, 2.24) is 9.55 Å². The second-order valence-corrected chi connectivity index (χ2v) is 8.11. The number of hydrogen-bond acceptors (Lipinski definition) is 4. The van der Waals surface area contributed by atoms with Gasteiger partial charge in [-0.15, -0.1) is 11.3 Å². The second kappa shape index (κ2) is 7.16. The van der Waals surface area contributed by atoms with Crippen molar-refractivity contribution in [3.8, 4) is 17.1 Å². The number of nitrogens with zero attached hydrogens (tertiary/aromatic N) is 2. The highest BCUT2D eigenvalue weighted by molar-refractivity contribution is 7.24. The lowest BCUT2D eigenvalue weighted by Gasteiger charge is -2.14. The van der Waals surface area contributed by atoms with Crippen molar-refractivity contribution >= 4 is 43.2 Å². The summed E-state index contributed by atoms with van der Waals surface area (Å²) in [5.41, 5.74) is -0.332. The van der Waals surface area contributed by atoms with Crippen LogP contribution < -0.4 is 11.0 Å². The molecule has 146 valence electrons.